The minimum atomic E-state index is -0.357. The third-order valence-corrected chi connectivity index (χ3v) is 3.30. The Balaban J connectivity index is 2.07. The Labute approximate surface area is 122 Å². The summed E-state index contributed by atoms with van der Waals surface area (Å²) in [5.74, 6) is 0.567. The molecule has 1 aromatic heterocycles. The van der Waals surface area contributed by atoms with Gasteiger partial charge in [0.1, 0.15) is 11.6 Å². The van der Waals surface area contributed by atoms with Crippen LogP contribution in [0.25, 0.3) is 10.9 Å². The van der Waals surface area contributed by atoms with Crippen molar-refractivity contribution in [3.63, 3.8) is 0 Å². The molecule has 0 spiro atoms. The molecule has 0 bridgehead atoms. The normalized spacial score (nSPS) is 10.7. The number of hydrogen-bond acceptors (Lipinski definition) is 4. The van der Waals surface area contributed by atoms with Gasteiger partial charge < -0.3 is 10.5 Å². The van der Waals surface area contributed by atoms with Gasteiger partial charge in [-0.05, 0) is 46.3 Å². The molecule has 1 heterocycles. The molecule has 6 heteroatoms. The summed E-state index contributed by atoms with van der Waals surface area (Å²) in [6.45, 7) is 0. The molecule has 2 N–H and O–H groups in total. The molecule has 2 aromatic carbocycles. The summed E-state index contributed by atoms with van der Waals surface area (Å²) in [5.41, 5.74) is 6.35. The van der Waals surface area contributed by atoms with E-state index in [1.807, 2.05) is 24.3 Å². The number of anilines is 1. The van der Waals surface area contributed by atoms with Gasteiger partial charge >= 0.3 is 0 Å². The van der Waals surface area contributed by atoms with Crippen LogP contribution in [0.2, 0.25) is 0 Å². The molecule has 0 aliphatic carbocycles. The van der Waals surface area contributed by atoms with Crippen molar-refractivity contribution < 1.29 is 9.13 Å². The SMILES string of the molecule is Nc1nc(Oc2ccc(F)c(Br)c2)c2ccccc2n1. The fourth-order valence-corrected chi connectivity index (χ4v) is 2.15. The van der Waals surface area contributed by atoms with Crippen LogP contribution in [0.4, 0.5) is 10.3 Å². The predicted molar refractivity (Wildman–Crippen MR) is 78.1 cm³/mol. The van der Waals surface area contributed by atoms with Crippen molar-refractivity contribution in [2.24, 2.45) is 0 Å². The van der Waals surface area contributed by atoms with Crippen LogP contribution in [0.5, 0.6) is 11.6 Å². The average Bonchev–Trinajstić information content (AvgIpc) is 2.43. The van der Waals surface area contributed by atoms with Gasteiger partial charge in [0, 0.05) is 0 Å². The molecule has 0 unspecified atom stereocenters. The number of hydrogen-bond donors (Lipinski definition) is 1. The Hall–Kier alpha value is -2.21. The van der Waals surface area contributed by atoms with Gasteiger partial charge in [-0.2, -0.15) is 4.98 Å². The number of benzene rings is 2. The van der Waals surface area contributed by atoms with E-state index in [0.717, 1.165) is 5.39 Å². The van der Waals surface area contributed by atoms with Crippen molar-refractivity contribution in [1.82, 2.24) is 9.97 Å². The second kappa shape index (κ2) is 5.05. The Morgan fingerprint density at radius 3 is 2.70 bits per heavy atom. The number of aromatic nitrogens is 2. The summed E-state index contributed by atoms with van der Waals surface area (Å²) in [7, 11) is 0. The third kappa shape index (κ3) is 2.42. The number of nitrogens with two attached hydrogens (primary N) is 1. The zero-order valence-corrected chi connectivity index (χ0v) is 11.8. The first-order chi connectivity index (χ1) is 9.63. The third-order valence-electron chi connectivity index (χ3n) is 2.69. The van der Waals surface area contributed by atoms with E-state index >= 15 is 0 Å². The summed E-state index contributed by atoms with van der Waals surface area (Å²) in [4.78, 5) is 8.21. The van der Waals surface area contributed by atoms with Gasteiger partial charge in [0.05, 0.1) is 15.4 Å². The van der Waals surface area contributed by atoms with Crippen LogP contribution in [0.3, 0.4) is 0 Å². The molecule has 3 aromatic rings. The molecular weight excluding hydrogens is 325 g/mol. The van der Waals surface area contributed by atoms with Gasteiger partial charge in [-0.15, -0.1) is 0 Å². The number of para-hydroxylation sites is 1. The molecule has 0 amide bonds. The zero-order chi connectivity index (χ0) is 14.1. The van der Waals surface area contributed by atoms with Crippen molar-refractivity contribution in [3.05, 3.63) is 52.8 Å². The maximum Gasteiger partial charge on any atom is 0.231 e. The number of nitrogens with zero attached hydrogens (tertiary/aromatic N) is 2. The zero-order valence-electron chi connectivity index (χ0n) is 10.2. The summed E-state index contributed by atoms with van der Waals surface area (Å²) in [6.07, 6.45) is 0. The average molecular weight is 334 g/mol. The van der Waals surface area contributed by atoms with E-state index in [-0.39, 0.29) is 11.8 Å². The highest BCUT2D eigenvalue weighted by atomic mass is 79.9. The first-order valence-electron chi connectivity index (χ1n) is 5.78. The minimum Gasteiger partial charge on any atom is -0.438 e. The Morgan fingerprint density at radius 1 is 1.10 bits per heavy atom. The van der Waals surface area contributed by atoms with E-state index in [1.54, 1.807) is 0 Å². The lowest BCUT2D eigenvalue weighted by molar-refractivity contribution is 0.467. The molecule has 0 saturated heterocycles. The first kappa shape index (κ1) is 12.8. The Kier molecular flexibility index (Phi) is 3.23. The van der Waals surface area contributed by atoms with E-state index in [9.17, 15) is 4.39 Å². The van der Waals surface area contributed by atoms with Crippen LogP contribution in [-0.2, 0) is 0 Å². The second-order valence-electron chi connectivity index (χ2n) is 4.08. The van der Waals surface area contributed by atoms with Crippen LogP contribution < -0.4 is 10.5 Å². The summed E-state index contributed by atoms with van der Waals surface area (Å²) < 4.78 is 19.2. The van der Waals surface area contributed by atoms with Crippen LogP contribution in [-0.4, -0.2) is 9.97 Å². The van der Waals surface area contributed by atoms with Crippen LogP contribution in [0, 0.1) is 5.82 Å². The molecule has 0 radical (unpaired) electrons. The molecule has 0 fully saturated rings. The van der Waals surface area contributed by atoms with E-state index in [0.29, 0.717) is 21.6 Å². The highest BCUT2D eigenvalue weighted by molar-refractivity contribution is 9.10. The van der Waals surface area contributed by atoms with Crippen LogP contribution in [0.15, 0.2) is 46.9 Å². The largest absolute Gasteiger partial charge is 0.438 e. The predicted octanol–water partition coefficient (Wildman–Crippen LogP) is 3.91. The number of rotatable bonds is 2. The number of ether oxygens (including phenoxy) is 1. The van der Waals surface area contributed by atoms with Crippen molar-refractivity contribution in [2.45, 2.75) is 0 Å². The molecule has 3 rings (SSSR count). The highest BCUT2D eigenvalue weighted by Crippen LogP contribution is 2.30. The molecular formula is C14H9BrFN3O. The quantitative estimate of drug-likeness (QED) is 0.772. The first-order valence-corrected chi connectivity index (χ1v) is 6.58. The van der Waals surface area contributed by atoms with Gasteiger partial charge in [-0.3, -0.25) is 0 Å². The minimum absolute atomic E-state index is 0.125. The molecule has 0 saturated carbocycles. The van der Waals surface area contributed by atoms with Crippen molar-refractivity contribution in [1.29, 1.82) is 0 Å². The van der Waals surface area contributed by atoms with Gasteiger partial charge in [-0.25, -0.2) is 9.37 Å². The maximum absolute atomic E-state index is 13.2. The van der Waals surface area contributed by atoms with E-state index in [1.165, 1.54) is 18.2 Å². The standard InChI is InChI=1S/C14H9BrFN3O/c15-10-7-8(5-6-11(10)16)20-13-9-3-1-2-4-12(9)18-14(17)19-13/h1-7H,(H2,17,18,19). The van der Waals surface area contributed by atoms with Gasteiger partial charge in [-0.1, -0.05) is 12.1 Å². The fourth-order valence-electron chi connectivity index (χ4n) is 1.79. The van der Waals surface area contributed by atoms with Crippen LogP contribution in [0.1, 0.15) is 0 Å². The van der Waals surface area contributed by atoms with E-state index in [2.05, 4.69) is 25.9 Å². The van der Waals surface area contributed by atoms with E-state index < -0.39 is 0 Å². The number of halogens is 2. The van der Waals surface area contributed by atoms with Crippen LogP contribution >= 0.6 is 15.9 Å². The van der Waals surface area contributed by atoms with Gasteiger partial charge in [0.2, 0.25) is 11.8 Å². The lowest BCUT2D eigenvalue weighted by Crippen LogP contribution is -1.98. The number of fused-ring (bicyclic) bond motifs is 1. The van der Waals surface area contributed by atoms with Gasteiger partial charge in [0.15, 0.2) is 0 Å². The lowest BCUT2D eigenvalue weighted by atomic mass is 10.2. The molecule has 100 valence electrons. The summed E-state index contributed by atoms with van der Waals surface area (Å²) in [5, 5.41) is 0.738. The Bertz CT molecular complexity index is 794. The second-order valence-corrected chi connectivity index (χ2v) is 4.94. The molecule has 20 heavy (non-hydrogen) atoms. The summed E-state index contributed by atoms with van der Waals surface area (Å²) >= 11 is 3.11. The van der Waals surface area contributed by atoms with Crippen molar-refractivity contribution >= 4 is 32.8 Å². The topological polar surface area (TPSA) is 61.0 Å². The molecule has 4 nitrogen and oxygen atoms in total. The Morgan fingerprint density at radius 2 is 1.90 bits per heavy atom. The van der Waals surface area contributed by atoms with E-state index in [4.69, 9.17) is 10.5 Å². The molecule has 0 atom stereocenters. The smallest absolute Gasteiger partial charge is 0.231 e. The molecule has 0 aliphatic rings. The molecule has 0 aliphatic heterocycles. The number of nitrogen functional groups attached to an aromatic ring is 1. The van der Waals surface area contributed by atoms with Crippen molar-refractivity contribution in [2.75, 3.05) is 5.73 Å². The monoisotopic (exact) mass is 333 g/mol. The fraction of sp³-hybridized carbons (Fsp3) is 0. The highest BCUT2D eigenvalue weighted by Gasteiger charge is 2.09. The summed E-state index contributed by atoms with van der Waals surface area (Å²) in [6, 6.07) is 11.7. The van der Waals surface area contributed by atoms with Crippen molar-refractivity contribution in [3.8, 4) is 11.6 Å². The maximum atomic E-state index is 13.2. The lowest BCUT2D eigenvalue weighted by Gasteiger charge is -2.08. The van der Waals surface area contributed by atoms with Gasteiger partial charge in [0.25, 0.3) is 0 Å².